The second kappa shape index (κ2) is 7.99. The van der Waals surface area contributed by atoms with Crippen LogP contribution in [0.2, 0.25) is 5.02 Å². The molecule has 0 spiro atoms. The first-order valence-corrected chi connectivity index (χ1v) is 11.7. The molecule has 0 saturated heterocycles. The maximum atomic E-state index is 12.1. The molecule has 0 aliphatic carbocycles. The van der Waals surface area contributed by atoms with E-state index in [1.807, 2.05) is 62.4 Å². The van der Waals surface area contributed by atoms with E-state index in [4.69, 9.17) is 16.6 Å². The van der Waals surface area contributed by atoms with Crippen LogP contribution in [0.5, 0.6) is 0 Å². The van der Waals surface area contributed by atoms with E-state index in [9.17, 15) is 15.2 Å². The van der Waals surface area contributed by atoms with E-state index in [2.05, 4.69) is 24.8 Å². The summed E-state index contributed by atoms with van der Waals surface area (Å²) in [5, 5.41) is 20.5. The van der Waals surface area contributed by atoms with Crippen LogP contribution >= 0.6 is 23.4 Å². The first-order chi connectivity index (χ1) is 15.2. The summed E-state index contributed by atoms with van der Waals surface area (Å²) in [5.41, 5.74) is 1.97. The van der Waals surface area contributed by atoms with Gasteiger partial charge in [-0.25, -0.2) is 9.79 Å². The number of nitriles is 1. The maximum absolute atomic E-state index is 12.1. The number of benzene rings is 2. The van der Waals surface area contributed by atoms with Crippen LogP contribution in [0.1, 0.15) is 50.8 Å². The number of carboxylic acid groups (broad SMARTS) is 1. The minimum Gasteiger partial charge on any atom is -0.477 e. The van der Waals surface area contributed by atoms with Gasteiger partial charge in [-0.2, -0.15) is 5.26 Å². The Morgan fingerprint density at radius 1 is 1.19 bits per heavy atom. The number of amidine groups is 1. The first-order valence-electron chi connectivity index (χ1n) is 10.5. The van der Waals surface area contributed by atoms with E-state index in [1.165, 1.54) is 11.8 Å². The minimum atomic E-state index is -0.933. The number of rotatable bonds is 5. The van der Waals surface area contributed by atoms with Crippen molar-refractivity contribution in [2.24, 2.45) is 10.9 Å². The lowest BCUT2D eigenvalue weighted by Crippen LogP contribution is -2.53. The molecule has 7 heteroatoms. The zero-order chi connectivity index (χ0) is 23.3. The molecule has 0 bridgehead atoms. The average Bonchev–Trinajstić information content (AvgIpc) is 3.26. The SMILES string of the molecule is CC[C@]1(c2ccc(Cl)cc2)N2C(=N[C@@]1(C)c1ccc(C#N)cc1)SC(C(=O)O)=C2C(C)C. The summed E-state index contributed by atoms with van der Waals surface area (Å²) in [6, 6.07) is 17.4. The van der Waals surface area contributed by atoms with E-state index in [0.29, 0.717) is 27.1 Å². The summed E-state index contributed by atoms with van der Waals surface area (Å²) in [6.45, 7) is 8.23. The molecule has 1 N–H and O–H groups in total. The fraction of sp³-hybridized carbons (Fsp3) is 0.320. The molecule has 4 rings (SSSR count). The van der Waals surface area contributed by atoms with Crippen LogP contribution in [0.15, 0.2) is 64.1 Å². The van der Waals surface area contributed by atoms with Crippen LogP contribution in [-0.4, -0.2) is 21.1 Å². The van der Waals surface area contributed by atoms with Crippen molar-refractivity contribution in [1.29, 1.82) is 5.26 Å². The third-order valence-electron chi connectivity index (χ3n) is 6.52. The number of aliphatic imine (C=N–C) groups is 1. The van der Waals surface area contributed by atoms with E-state index in [-0.39, 0.29) is 5.92 Å². The Hall–Kier alpha value is -2.75. The Bertz CT molecular complexity index is 1180. The molecule has 2 heterocycles. The van der Waals surface area contributed by atoms with Crippen LogP contribution in [0.3, 0.4) is 0 Å². The van der Waals surface area contributed by atoms with Gasteiger partial charge in [-0.3, -0.25) is 0 Å². The molecule has 32 heavy (non-hydrogen) atoms. The standard InChI is InChI=1S/C25H24ClN3O2S/c1-5-25(18-10-12-19(26)13-11-18)24(4,17-8-6-16(14-27)7-9-17)28-23-29(25)20(15(2)3)21(32-23)22(30)31/h6-13,15H,5H2,1-4H3,(H,30,31)/t24-,25+/m0/s1. The minimum absolute atomic E-state index is 0.0113. The second-order valence-electron chi connectivity index (χ2n) is 8.49. The Kier molecular flexibility index (Phi) is 5.60. The molecule has 0 radical (unpaired) electrons. The fourth-order valence-corrected chi connectivity index (χ4v) is 6.43. The smallest absolute Gasteiger partial charge is 0.344 e. The number of carboxylic acids is 1. The van der Waals surface area contributed by atoms with Crippen molar-refractivity contribution < 1.29 is 9.90 Å². The van der Waals surface area contributed by atoms with Gasteiger partial charge in [0.2, 0.25) is 0 Å². The quantitative estimate of drug-likeness (QED) is 0.577. The van der Waals surface area contributed by atoms with Crippen LogP contribution in [0.4, 0.5) is 0 Å². The molecule has 0 amide bonds. The lowest BCUT2D eigenvalue weighted by Gasteiger charge is -2.48. The molecule has 2 aliphatic rings. The molecule has 5 nitrogen and oxygen atoms in total. The molecular formula is C25H24ClN3O2S. The summed E-state index contributed by atoms with van der Waals surface area (Å²) in [6.07, 6.45) is 0.682. The average molecular weight is 466 g/mol. The van der Waals surface area contributed by atoms with E-state index >= 15 is 0 Å². The number of halogens is 1. The lowest BCUT2D eigenvalue weighted by atomic mass is 9.67. The number of aliphatic carboxylic acids is 1. The van der Waals surface area contributed by atoms with Crippen molar-refractivity contribution in [3.63, 3.8) is 0 Å². The molecule has 0 saturated carbocycles. The molecule has 2 aromatic carbocycles. The highest BCUT2D eigenvalue weighted by molar-refractivity contribution is 8.18. The molecule has 2 aliphatic heterocycles. The zero-order valence-electron chi connectivity index (χ0n) is 18.4. The summed E-state index contributed by atoms with van der Waals surface area (Å²) >= 11 is 7.44. The highest BCUT2D eigenvalue weighted by Crippen LogP contribution is 2.60. The third kappa shape index (κ3) is 3.07. The maximum Gasteiger partial charge on any atom is 0.344 e. The molecule has 0 fully saturated rings. The van der Waals surface area contributed by atoms with Gasteiger partial charge in [0.1, 0.15) is 16.0 Å². The van der Waals surface area contributed by atoms with Gasteiger partial charge < -0.3 is 10.0 Å². The van der Waals surface area contributed by atoms with E-state index in [0.717, 1.165) is 16.8 Å². The van der Waals surface area contributed by atoms with Gasteiger partial charge in [0.25, 0.3) is 0 Å². The van der Waals surface area contributed by atoms with Gasteiger partial charge in [0.15, 0.2) is 5.17 Å². The van der Waals surface area contributed by atoms with Crippen molar-refractivity contribution in [2.75, 3.05) is 0 Å². The predicted molar refractivity (Wildman–Crippen MR) is 128 cm³/mol. The van der Waals surface area contributed by atoms with Crippen molar-refractivity contribution in [2.45, 2.75) is 45.2 Å². The largest absolute Gasteiger partial charge is 0.477 e. The number of allylic oxidation sites excluding steroid dienone is 1. The topological polar surface area (TPSA) is 76.7 Å². The van der Waals surface area contributed by atoms with E-state index in [1.54, 1.807) is 0 Å². The first kappa shape index (κ1) is 22.4. The van der Waals surface area contributed by atoms with Crippen molar-refractivity contribution in [3.8, 4) is 6.07 Å². The molecule has 164 valence electrons. The van der Waals surface area contributed by atoms with Gasteiger partial charge in [0, 0.05) is 10.7 Å². The van der Waals surface area contributed by atoms with E-state index < -0.39 is 17.0 Å². The van der Waals surface area contributed by atoms with Crippen molar-refractivity contribution in [1.82, 2.24) is 4.90 Å². The Morgan fingerprint density at radius 2 is 1.78 bits per heavy atom. The Balaban J connectivity index is 2.03. The van der Waals surface area contributed by atoms with Crippen LogP contribution in [0.25, 0.3) is 0 Å². The van der Waals surface area contributed by atoms with Gasteiger partial charge >= 0.3 is 5.97 Å². The number of hydrogen-bond acceptors (Lipinski definition) is 5. The number of carbonyl (C=O) groups is 1. The van der Waals surface area contributed by atoms with Crippen LogP contribution in [0, 0.1) is 17.2 Å². The lowest BCUT2D eigenvalue weighted by molar-refractivity contribution is -0.132. The molecule has 2 aromatic rings. The normalized spacial score (nSPS) is 24.5. The van der Waals surface area contributed by atoms with Crippen LogP contribution < -0.4 is 0 Å². The van der Waals surface area contributed by atoms with Crippen molar-refractivity contribution in [3.05, 3.63) is 80.8 Å². The molecule has 0 aromatic heterocycles. The zero-order valence-corrected chi connectivity index (χ0v) is 20.0. The van der Waals surface area contributed by atoms with Gasteiger partial charge in [-0.15, -0.1) is 0 Å². The summed E-state index contributed by atoms with van der Waals surface area (Å²) in [4.78, 5) is 19.8. The van der Waals surface area contributed by atoms with Crippen LogP contribution in [-0.2, 0) is 15.9 Å². The number of thioether (sulfide) groups is 1. The number of fused-ring (bicyclic) bond motifs is 1. The summed E-state index contributed by atoms with van der Waals surface area (Å²) in [7, 11) is 0. The van der Waals surface area contributed by atoms with Gasteiger partial charge in [-0.05, 0) is 66.4 Å². The number of nitrogens with zero attached hydrogens (tertiary/aromatic N) is 3. The Morgan fingerprint density at radius 3 is 2.28 bits per heavy atom. The third-order valence-corrected chi connectivity index (χ3v) is 7.81. The monoisotopic (exact) mass is 465 g/mol. The summed E-state index contributed by atoms with van der Waals surface area (Å²) in [5.74, 6) is -0.945. The van der Waals surface area contributed by atoms with Crippen molar-refractivity contribution >= 4 is 34.5 Å². The highest BCUT2D eigenvalue weighted by atomic mass is 35.5. The van der Waals surface area contributed by atoms with Gasteiger partial charge in [0.05, 0.1) is 11.6 Å². The molecule has 0 unspecified atom stereocenters. The highest BCUT2D eigenvalue weighted by Gasteiger charge is 2.62. The predicted octanol–water partition coefficient (Wildman–Crippen LogP) is 6.10. The summed E-state index contributed by atoms with van der Waals surface area (Å²) < 4.78 is 0. The fourth-order valence-electron chi connectivity index (χ4n) is 5.03. The number of hydrogen-bond donors (Lipinski definition) is 1. The Labute approximate surface area is 197 Å². The van der Waals surface area contributed by atoms with Gasteiger partial charge in [-0.1, -0.05) is 56.6 Å². The second-order valence-corrected chi connectivity index (χ2v) is 9.90. The molecule has 2 atom stereocenters. The molecular weight excluding hydrogens is 442 g/mol.